The highest BCUT2D eigenvalue weighted by Crippen LogP contribution is 2.39. The molecule has 0 bridgehead atoms. The Hall–Kier alpha value is -6.59. The molecule has 10 rings (SSSR count). The highest BCUT2D eigenvalue weighted by atomic mass is 16.3. The number of furan rings is 1. The molecule has 0 aliphatic rings. The number of benzene rings is 7. The summed E-state index contributed by atoms with van der Waals surface area (Å²) in [6.07, 6.45) is 0. The van der Waals surface area contributed by atoms with Crippen molar-refractivity contribution in [1.29, 1.82) is 0 Å². The molecule has 0 aliphatic carbocycles. The van der Waals surface area contributed by atoms with Gasteiger partial charge in [0.25, 0.3) is 0 Å². The van der Waals surface area contributed by atoms with Crippen LogP contribution >= 0.6 is 0 Å². The lowest BCUT2D eigenvalue weighted by Crippen LogP contribution is -2.02. The molecule has 0 atom stereocenters. The van der Waals surface area contributed by atoms with Gasteiger partial charge in [0.05, 0.1) is 22.3 Å². The number of hydrogen-bond donors (Lipinski definition) is 0. The molecule has 0 spiro atoms. The molecule has 0 saturated heterocycles. The third-order valence-electron chi connectivity index (χ3n) is 9.28. The fourth-order valence-corrected chi connectivity index (χ4v) is 7.11. The van der Waals surface area contributed by atoms with Gasteiger partial charge in [0, 0.05) is 38.1 Å². The Labute approximate surface area is 275 Å². The molecule has 48 heavy (non-hydrogen) atoms. The van der Waals surface area contributed by atoms with Gasteiger partial charge in [-0.15, -0.1) is 0 Å². The van der Waals surface area contributed by atoms with Crippen molar-refractivity contribution in [2.24, 2.45) is 0 Å². The van der Waals surface area contributed by atoms with Crippen LogP contribution in [0.25, 0.3) is 94.4 Å². The number of rotatable bonds is 4. The van der Waals surface area contributed by atoms with E-state index >= 15 is 0 Å². The molecule has 0 amide bonds. The lowest BCUT2D eigenvalue weighted by Gasteiger charge is -2.15. The van der Waals surface area contributed by atoms with Gasteiger partial charge in [-0.25, -0.2) is 15.0 Å². The summed E-state index contributed by atoms with van der Waals surface area (Å²) in [5.74, 6) is 1.79. The largest absolute Gasteiger partial charge is 0.455 e. The highest BCUT2D eigenvalue weighted by molar-refractivity contribution is 6.12. The van der Waals surface area contributed by atoms with Crippen LogP contribution in [0, 0.1) is 0 Å². The first-order valence-corrected chi connectivity index (χ1v) is 16.0. The summed E-state index contributed by atoms with van der Waals surface area (Å²) < 4.78 is 8.79. The van der Waals surface area contributed by atoms with E-state index in [9.17, 15) is 0 Å². The molecule has 0 fully saturated rings. The number of fused-ring (bicyclic) bond motifs is 7. The first-order valence-electron chi connectivity index (χ1n) is 16.0. The molecule has 0 saturated carbocycles. The third kappa shape index (κ3) is 4.01. The molecule has 0 unspecified atom stereocenters. The molecular formula is C43H26N4O. The molecule has 0 N–H and O–H groups in total. The van der Waals surface area contributed by atoms with Gasteiger partial charge in [-0.2, -0.15) is 0 Å². The van der Waals surface area contributed by atoms with Crippen molar-refractivity contribution >= 4 is 54.5 Å². The minimum absolute atomic E-state index is 0.569. The first-order chi connectivity index (χ1) is 23.8. The van der Waals surface area contributed by atoms with E-state index in [0.29, 0.717) is 17.5 Å². The van der Waals surface area contributed by atoms with Crippen LogP contribution < -0.4 is 0 Å². The van der Waals surface area contributed by atoms with Crippen LogP contribution in [0.3, 0.4) is 0 Å². The van der Waals surface area contributed by atoms with Crippen molar-refractivity contribution in [3.8, 4) is 39.9 Å². The van der Waals surface area contributed by atoms with E-state index in [4.69, 9.17) is 19.4 Å². The Balaban J connectivity index is 1.24. The second-order valence-corrected chi connectivity index (χ2v) is 12.0. The van der Waals surface area contributed by atoms with Gasteiger partial charge in [0.2, 0.25) is 0 Å². The third-order valence-corrected chi connectivity index (χ3v) is 9.28. The maximum Gasteiger partial charge on any atom is 0.167 e. The first kappa shape index (κ1) is 26.6. The molecule has 0 radical (unpaired) electrons. The second kappa shape index (κ2) is 10.5. The zero-order valence-corrected chi connectivity index (χ0v) is 25.7. The van der Waals surface area contributed by atoms with E-state index in [1.54, 1.807) is 0 Å². The van der Waals surface area contributed by atoms with E-state index in [1.165, 1.54) is 21.8 Å². The van der Waals surface area contributed by atoms with Gasteiger partial charge >= 0.3 is 0 Å². The second-order valence-electron chi connectivity index (χ2n) is 12.0. The Morgan fingerprint density at radius 2 is 0.938 bits per heavy atom. The lowest BCUT2D eigenvalue weighted by atomic mass is 10.0. The van der Waals surface area contributed by atoms with E-state index in [2.05, 4.69) is 102 Å². The molecule has 0 aliphatic heterocycles. The van der Waals surface area contributed by atoms with Crippen LogP contribution in [0.1, 0.15) is 0 Å². The van der Waals surface area contributed by atoms with Gasteiger partial charge in [-0.05, 0) is 41.8 Å². The van der Waals surface area contributed by atoms with Crippen LogP contribution in [-0.2, 0) is 0 Å². The monoisotopic (exact) mass is 614 g/mol. The standard InChI is InChI=1S/C43H26N4O/c1-2-13-27(14-3-1)41-44-42(46-43(45-41)35-21-12-20-33-32-19-8-11-24-39(32)48-40(33)35)34-25-26-38(29-16-5-4-15-28(29)34)47-36-22-9-6-17-30(36)31-18-7-10-23-37(31)47/h1-26H. The van der Waals surface area contributed by atoms with Crippen molar-refractivity contribution in [3.05, 3.63) is 158 Å². The summed E-state index contributed by atoms with van der Waals surface area (Å²) in [4.78, 5) is 15.3. The summed E-state index contributed by atoms with van der Waals surface area (Å²) >= 11 is 0. The summed E-state index contributed by atoms with van der Waals surface area (Å²) in [7, 11) is 0. The zero-order chi connectivity index (χ0) is 31.6. The van der Waals surface area contributed by atoms with Crippen LogP contribution in [0.5, 0.6) is 0 Å². The quantitative estimate of drug-likeness (QED) is 0.198. The average molecular weight is 615 g/mol. The number of hydrogen-bond acceptors (Lipinski definition) is 4. The normalized spacial score (nSPS) is 11.8. The molecule has 224 valence electrons. The summed E-state index contributed by atoms with van der Waals surface area (Å²) in [5.41, 5.74) is 7.74. The molecule has 3 heterocycles. The topological polar surface area (TPSA) is 56.7 Å². The van der Waals surface area contributed by atoms with Gasteiger partial charge in [0.1, 0.15) is 11.2 Å². The van der Waals surface area contributed by atoms with E-state index in [1.807, 2.05) is 60.7 Å². The van der Waals surface area contributed by atoms with Crippen molar-refractivity contribution in [3.63, 3.8) is 0 Å². The fourth-order valence-electron chi connectivity index (χ4n) is 7.11. The Kier molecular flexibility index (Phi) is 5.81. The minimum Gasteiger partial charge on any atom is -0.455 e. The molecule has 5 heteroatoms. The van der Waals surface area contributed by atoms with Crippen LogP contribution in [0.15, 0.2) is 162 Å². The van der Waals surface area contributed by atoms with Crippen molar-refractivity contribution in [1.82, 2.24) is 19.5 Å². The fraction of sp³-hybridized carbons (Fsp3) is 0. The maximum atomic E-state index is 6.42. The Morgan fingerprint density at radius 1 is 0.375 bits per heavy atom. The smallest absolute Gasteiger partial charge is 0.167 e. The summed E-state index contributed by atoms with van der Waals surface area (Å²) in [5, 5.41) is 6.75. The minimum atomic E-state index is 0.569. The van der Waals surface area contributed by atoms with Crippen LogP contribution in [0.4, 0.5) is 0 Å². The van der Waals surface area contributed by atoms with Crippen molar-refractivity contribution < 1.29 is 4.42 Å². The molecule has 7 aromatic carbocycles. The predicted octanol–water partition coefficient (Wildman–Crippen LogP) is 11.0. The average Bonchev–Trinajstić information content (AvgIpc) is 3.71. The van der Waals surface area contributed by atoms with Gasteiger partial charge in [-0.3, -0.25) is 0 Å². The van der Waals surface area contributed by atoms with Crippen LogP contribution in [0.2, 0.25) is 0 Å². The van der Waals surface area contributed by atoms with Gasteiger partial charge in [-0.1, -0.05) is 121 Å². The molecule has 5 nitrogen and oxygen atoms in total. The summed E-state index contributed by atoms with van der Waals surface area (Å²) in [6.45, 7) is 0. The zero-order valence-electron chi connectivity index (χ0n) is 25.7. The maximum absolute atomic E-state index is 6.42. The van der Waals surface area contributed by atoms with Crippen molar-refractivity contribution in [2.75, 3.05) is 0 Å². The van der Waals surface area contributed by atoms with Crippen molar-refractivity contribution in [2.45, 2.75) is 0 Å². The number of nitrogens with zero attached hydrogens (tertiary/aromatic N) is 4. The molecule has 3 aromatic heterocycles. The van der Waals surface area contributed by atoms with E-state index < -0.39 is 0 Å². The van der Waals surface area contributed by atoms with Gasteiger partial charge < -0.3 is 8.98 Å². The Bertz CT molecular complexity index is 2800. The van der Waals surface area contributed by atoms with Crippen LogP contribution in [-0.4, -0.2) is 19.5 Å². The summed E-state index contributed by atoms with van der Waals surface area (Å²) in [6, 6.07) is 54.4. The molecular weight excluding hydrogens is 589 g/mol. The van der Waals surface area contributed by atoms with E-state index in [-0.39, 0.29) is 0 Å². The lowest BCUT2D eigenvalue weighted by molar-refractivity contribution is 0.669. The number of aromatic nitrogens is 4. The highest BCUT2D eigenvalue weighted by Gasteiger charge is 2.20. The predicted molar refractivity (Wildman–Crippen MR) is 195 cm³/mol. The Morgan fingerprint density at radius 3 is 1.69 bits per heavy atom. The molecule has 10 aromatic rings. The van der Waals surface area contributed by atoms with E-state index in [0.717, 1.165) is 55.1 Å². The van der Waals surface area contributed by atoms with Gasteiger partial charge in [0.15, 0.2) is 17.5 Å². The SMILES string of the molecule is c1ccc(-c2nc(-c3ccc(-n4c5ccccc5c5ccccc54)c4ccccc34)nc(-c3cccc4c3oc3ccccc34)n2)cc1. The number of para-hydroxylation sites is 4.